The molecule has 1 aliphatic heterocycles. The molecule has 0 saturated heterocycles. The number of hydrogen-bond acceptors (Lipinski definition) is 7. The summed E-state index contributed by atoms with van der Waals surface area (Å²) in [7, 11) is -0.407. The van der Waals surface area contributed by atoms with Crippen molar-refractivity contribution in [3.8, 4) is 23.0 Å². The number of methoxy groups -OCH3 is 2. The molecular formula is C23H27NO7S. The van der Waals surface area contributed by atoms with Crippen molar-refractivity contribution >= 4 is 21.4 Å². The van der Waals surface area contributed by atoms with Crippen LogP contribution in [0.25, 0.3) is 0 Å². The Morgan fingerprint density at radius 2 is 1.69 bits per heavy atom. The highest BCUT2D eigenvalue weighted by Gasteiger charge is 2.34. The van der Waals surface area contributed by atoms with Gasteiger partial charge >= 0.3 is 0 Å². The predicted octanol–water partition coefficient (Wildman–Crippen LogP) is 3.46. The van der Waals surface area contributed by atoms with Gasteiger partial charge in [-0.15, -0.1) is 0 Å². The van der Waals surface area contributed by atoms with Crippen LogP contribution in [0.3, 0.4) is 0 Å². The lowest BCUT2D eigenvalue weighted by Crippen LogP contribution is -2.41. The van der Waals surface area contributed by atoms with Crippen LogP contribution in [0.4, 0.5) is 5.69 Å². The second-order valence-corrected chi connectivity index (χ2v) is 8.90. The number of carbonyl (C=O) groups is 1. The lowest BCUT2D eigenvalue weighted by molar-refractivity contribution is 0.0982. The summed E-state index contributed by atoms with van der Waals surface area (Å²) in [6.45, 7) is 4.55. The third-order valence-electron chi connectivity index (χ3n) is 4.90. The fourth-order valence-electron chi connectivity index (χ4n) is 3.47. The number of hydrogen-bond donors (Lipinski definition) is 0. The fourth-order valence-corrected chi connectivity index (χ4v) is 4.73. The van der Waals surface area contributed by atoms with Crippen molar-refractivity contribution in [1.29, 1.82) is 0 Å². The molecule has 0 saturated carbocycles. The van der Waals surface area contributed by atoms with Crippen LogP contribution >= 0.6 is 0 Å². The second-order valence-electron chi connectivity index (χ2n) is 6.97. The zero-order valence-corrected chi connectivity index (χ0v) is 19.3. The van der Waals surface area contributed by atoms with Crippen molar-refractivity contribution in [3.05, 3.63) is 53.4 Å². The number of benzene rings is 2. The van der Waals surface area contributed by atoms with Gasteiger partial charge in [-0.25, -0.2) is 8.42 Å². The minimum absolute atomic E-state index is 0.219. The van der Waals surface area contributed by atoms with E-state index in [-0.39, 0.29) is 5.75 Å². The Kier molecular flexibility index (Phi) is 7.29. The number of nitrogens with zero attached hydrogens (tertiary/aromatic N) is 1. The van der Waals surface area contributed by atoms with Gasteiger partial charge in [0, 0.05) is 17.0 Å². The molecule has 9 heteroatoms. The Morgan fingerprint density at radius 3 is 2.28 bits per heavy atom. The highest BCUT2D eigenvalue weighted by molar-refractivity contribution is 7.94. The van der Waals surface area contributed by atoms with Gasteiger partial charge in [-0.1, -0.05) is 0 Å². The molecule has 2 aromatic rings. The van der Waals surface area contributed by atoms with E-state index in [1.54, 1.807) is 36.4 Å². The molecule has 0 aromatic heterocycles. The van der Waals surface area contributed by atoms with E-state index in [1.165, 1.54) is 25.2 Å². The molecule has 0 N–H and O–H groups in total. The van der Waals surface area contributed by atoms with Gasteiger partial charge in [-0.05, 0) is 50.3 Å². The monoisotopic (exact) mass is 461 g/mol. The first-order valence-corrected chi connectivity index (χ1v) is 11.9. The molecule has 2 aromatic carbocycles. The van der Waals surface area contributed by atoms with Crippen LogP contribution in [-0.2, 0) is 9.84 Å². The number of sulfone groups is 1. The molecule has 1 unspecified atom stereocenters. The third-order valence-corrected chi connectivity index (χ3v) is 6.28. The zero-order chi connectivity index (χ0) is 23.3. The zero-order valence-electron chi connectivity index (χ0n) is 18.5. The first kappa shape index (κ1) is 23.5. The lowest BCUT2D eigenvalue weighted by atomic mass is 10.1. The number of rotatable bonds is 9. The van der Waals surface area contributed by atoms with E-state index in [9.17, 15) is 13.2 Å². The molecule has 0 spiro atoms. The van der Waals surface area contributed by atoms with Gasteiger partial charge in [-0.3, -0.25) is 9.69 Å². The fraction of sp³-hybridized carbons (Fsp3) is 0.348. The Balaban J connectivity index is 2.09. The van der Waals surface area contributed by atoms with Crippen molar-refractivity contribution in [2.45, 2.75) is 19.9 Å². The summed E-state index contributed by atoms with van der Waals surface area (Å²) < 4.78 is 46.2. The van der Waals surface area contributed by atoms with E-state index < -0.39 is 21.8 Å². The van der Waals surface area contributed by atoms with Crippen LogP contribution in [0.1, 0.15) is 24.2 Å². The van der Waals surface area contributed by atoms with Gasteiger partial charge in [0.25, 0.3) is 5.91 Å². The van der Waals surface area contributed by atoms with Crippen molar-refractivity contribution in [2.24, 2.45) is 0 Å². The van der Waals surface area contributed by atoms with Crippen LogP contribution in [0, 0.1) is 0 Å². The molecule has 32 heavy (non-hydrogen) atoms. The minimum Gasteiger partial charge on any atom is -0.497 e. The van der Waals surface area contributed by atoms with Crippen molar-refractivity contribution in [2.75, 3.05) is 38.1 Å². The van der Waals surface area contributed by atoms with E-state index >= 15 is 0 Å². The van der Waals surface area contributed by atoms with Gasteiger partial charge in [0.15, 0.2) is 21.3 Å². The molecule has 172 valence electrons. The first-order valence-electron chi connectivity index (χ1n) is 10.2. The maximum Gasteiger partial charge on any atom is 0.259 e. The van der Waals surface area contributed by atoms with Crippen LogP contribution in [-0.4, -0.2) is 53.6 Å². The normalized spacial score (nSPS) is 16.4. The molecule has 1 atom stereocenters. The van der Waals surface area contributed by atoms with Gasteiger partial charge in [0.05, 0.1) is 44.9 Å². The first-order chi connectivity index (χ1) is 15.3. The predicted molar refractivity (Wildman–Crippen MR) is 122 cm³/mol. The SMILES string of the molecule is CCOc1ccc(C(=O)N(c2ccc(OC)cc2OC)C2C=CS(=O)(=O)C2)cc1OCC. The molecule has 0 aliphatic carbocycles. The molecule has 0 fully saturated rings. The summed E-state index contributed by atoms with van der Waals surface area (Å²) in [5, 5.41) is 1.14. The quantitative estimate of drug-likeness (QED) is 0.565. The smallest absolute Gasteiger partial charge is 0.259 e. The van der Waals surface area contributed by atoms with Crippen LogP contribution in [0.5, 0.6) is 23.0 Å². The average Bonchev–Trinajstić information content (AvgIpc) is 3.14. The topological polar surface area (TPSA) is 91.4 Å². The molecule has 3 rings (SSSR count). The Labute approximate surface area is 188 Å². The standard InChI is InChI=1S/C23H27NO7S/c1-5-30-20-10-7-16(13-22(20)31-6-2)23(25)24(17-11-12-32(26,27)15-17)19-9-8-18(28-3)14-21(19)29-4/h7-14,17H,5-6,15H2,1-4H3. The Hall–Kier alpha value is -3.20. The maximum absolute atomic E-state index is 13.7. The summed E-state index contributed by atoms with van der Waals surface area (Å²) in [5.74, 6) is 1.28. The summed E-state index contributed by atoms with van der Waals surface area (Å²) in [6, 6.07) is 9.22. The number of carbonyl (C=O) groups excluding carboxylic acids is 1. The maximum atomic E-state index is 13.7. The van der Waals surface area contributed by atoms with Gasteiger partial charge < -0.3 is 18.9 Å². The van der Waals surface area contributed by atoms with E-state index in [0.29, 0.717) is 47.5 Å². The lowest BCUT2D eigenvalue weighted by Gasteiger charge is -2.29. The summed E-state index contributed by atoms with van der Waals surface area (Å²) in [4.78, 5) is 15.1. The number of anilines is 1. The molecule has 1 amide bonds. The van der Waals surface area contributed by atoms with Crippen molar-refractivity contribution in [1.82, 2.24) is 0 Å². The van der Waals surface area contributed by atoms with Crippen LogP contribution in [0.15, 0.2) is 47.9 Å². The summed E-state index contributed by atoms with van der Waals surface area (Å²) >= 11 is 0. The summed E-state index contributed by atoms with van der Waals surface area (Å²) in [6.07, 6.45) is 1.51. The Bertz CT molecular complexity index is 1110. The molecule has 8 nitrogen and oxygen atoms in total. The van der Waals surface area contributed by atoms with Gasteiger partial charge in [-0.2, -0.15) is 0 Å². The number of amides is 1. The summed E-state index contributed by atoms with van der Waals surface area (Å²) in [5.41, 5.74) is 0.754. The molecule has 0 bridgehead atoms. The molecule has 1 aliphatic rings. The van der Waals surface area contributed by atoms with Gasteiger partial charge in [0.2, 0.25) is 0 Å². The third kappa shape index (κ3) is 4.99. The van der Waals surface area contributed by atoms with E-state index in [4.69, 9.17) is 18.9 Å². The van der Waals surface area contributed by atoms with Crippen molar-refractivity contribution in [3.63, 3.8) is 0 Å². The minimum atomic E-state index is -3.41. The van der Waals surface area contributed by atoms with Crippen LogP contribution < -0.4 is 23.8 Å². The molecule has 0 radical (unpaired) electrons. The van der Waals surface area contributed by atoms with Crippen LogP contribution in [0.2, 0.25) is 0 Å². The molecular weight excluding hydrogens is 434 g/mol. The Morgan fingerprint density at radius 1 is 0.969 bits per heavy atom. The van der Waals surface area contributed by atoms with Gasteiger partial charge in [0.1, 0.15) is 11.5 Å². The molecule has 1 heterocycles. The highest BCUT2D eigenvalue weighted by atomic mass is 32.2. The van der Waals surface area contributed by atoms with E-state index in [0.717, 1.165) is 5.41 Å². The average molecular weight is 462 g/mol. The second kappa shape index (κ2) is 9.95. The largest absolute Gasteiger partial charge is 0.497 e. The van der Waals surface area contributed by atoms with Crippen molar-refractivity contribution < 1.29 is 32.2 Å². The highest BCUT2D eigenvalue weighted by Crippen LogP contribution is 2.37. The number of ether oxygens (including phenoxy) is 4. The van der Waals surface area contributed by atoms with E-state index in [1.807, 2.05) is 13.8 Å². The van der Waals surface area contributed by atoms with E-state index in [2.05, 4.69) is 0 Å².